The van der Waals surface area contributed by atoms with Crippen molar-refractivity contribution in [3.05, 3.63) is 24.3 Å². The molecule has 3 N–H and O–H groups in total. The minimum absolute atomic E-state index is 0.0425. The second kappa shape index (κ2) is 8.04. The van der Waals surface area contributed by atoms with Crippen LogP contribution in [0, 0.1) is 0 Å². The number of nitrogens with zero attached hydrogens (tertiary/aromatic N) is 1. The number of rotatable bonds is 6. The third-order valence-corrected chi connectivity index (χ3v) is 3.44. The number of quaternary nitrogens is 1. The van der Waals surface area contributed by atoms with Gasteiger partial charge in [0, 0.05) is 18.8 Å². The quantitative estimate of drug-likeness (QED) is 0.631. The van der Waals surface area contributed by atoms with Crippen LogP contribution in [0.2, 0.25) is 0 Å². The van der Waals surface area contributed by atoms with E-state index in [-0.39, 0.29) is 19.0 Å². The van der Waals surface area contributed by atoms with Gasteiger partial charge in [0.15, 0.2) is 13.1 Å². The van der Waals surface area contributed by atoms with E-state index in [1.54, 1.807) is 7.05 Å². The first-order valence-corrected chi connectivity index (χ1v) is 7.69. The van der Waals surface area contributed by atoms with Gasteiger partial charge in [-0.1, -0.05) is 0 Å². The van der Waals surface area contributed by atoms with E-state index in [9.17, 15) is 27.6 Å². The van der Waals surface area contributed by atoms with E-state index < -0.39 is 24.1 Å². The highest BCUT2D eigenvalue weighted by molar-refractivity contribution is 5.96. The van der Waals surface area contributed by atoms with Crippen LogP contribution in [0.15, 0.2) is 24.3 Å². The molecular weight excluding hydrogens is 357 g/mol. The van der Waals surface area contributed by atoms with Crippen molar-refractivity contribution < 1.29 is 37.2 Å². The molecule has 0 saturated carbocycles. The SMILES string of the molecule is C[NH+](CC(=O)Nc1ccc(OC(F)(F)F)cc1)CC(=O)N1CCNC1=O. The van der Waals surface area contributed by atoms with Crippen LogP contribution in [0.4, 0.5) is 23.7 Å². The van der Waals surface area contributed by atoms with Crippen molar-refractivity contribution in [3.8, 4) is 5.75 Å². The number of amides is 4. The molecule has 1 fully saturated rings. The fraction of sp³-hybridized carbons (Fsp3) is 0.400. The molecule has 142 valence electrons. The fourth-order valence-electron chi connectivity index (χ4n) is 2.34. The van der Waals surface area contributed by atoms with Gasteiger partial charge in [-0.15, -0.1) is 13.2 Å². The number of hydrogen-bond donors (Lipinski definition) is 3. The molecule has 0 bridgehead atoms. The Bertz CT molecular complexity index is 678. The lowest BCUT2D eigenvalue weighted by Crippen LogP contribution is -3.11. The number of carbonyl (C=O) groups is 3. The molecule has 1 aliphatic heterocycles. The minimum atomic E-state index is -4.78. The average Bonchev–Trinajstić information content (AvgIpc) is 2.93. The molecule has 11 heteroatoms. The predicted molar refractivity (Wildman–Crippen MR) is 83.5 cm³/mol. The number of anilines is 1. The molecular formula is C15H18F3N4O4+. The van der Waals surface area contributed by atoms with Crippen LogP contribution >= 0.6 is 0 Å². The van der Waals surface area contributed by atoms with Gasteiger partial charge in [0.2, 0.25) is 0 Å². The summed E-state index contributed by atoms with van der Waals surface area (Å²) in [5.41, 5.74) is 0.294. The number of carbonyl (C=O) groups excluding carboxylic acids is 3. The van der Waals surface area contributed by atoms with E-state index in [0.29, 0.717) is 23.7 Å². The maximum Gasteiger partial charge on any atom is 0.573 e. The Labute approximate surface area is 146 Å². The van der Waals surface area contributed by atoms with Crippen molar-refractivity contribution in [2.45, 2.75) is 6.36 Å². The maximum atomic E-state index is 12.1. The standard InChI is InChI=1S/C15H17F3N4O4/c1-21(9-13(24)22-7-6-19-14(22)25)8-12(23)20-10-2-4-11(5-3-10)26-15(16,17)18/h2-5H,6-9H2,1H3,(H,19,25)(H,20,23)/p+1. The Kier molecular flexibility index (Phi) is 6.03. The molecule has 1 heterocycles. The topological polar surface area (TPSA) is 92.2 Å². The Morgan fingerprint density at radius 2 is 1.92 bits per heavy atom. The summed E-state index contributed by atoms with van der Waals surface area (Å²) >= 11 is 0. The summed E-state index contributed by atoms with van der Waals surface area (Å²) in [4.78, 5) is 37.0. The third kappa shape index (κ3) is 5.92. The molecule has 8 nitrogen and oxygen atoms in total. The largest absolute Gasteiger partial charge is 0.573 e. The number of urea groups is 1. The molecule has 4 amide bonds. The number of alkyl halides is 3. The van der Waals surface area contributed by atoms with Crippen molar-refractivity contribution in [1.82, 2.24) is 10.2 Å². The number of halogens is 3. The van der Waals surface area contributed by atoms with Crippen molar-refractivity contribution in [2.75, 3.05) is 38.5 Å². The summed E-state index contributed by atoms with van der Waals surface area (Å²) < 4.78 is 40.0. The second-order valence-corrected chi connectivity index (χ2v) is 5.71. The minimum Gasteiger partial charge on any atom is -0.406 e. The molecule has 26 heavy (non-hydrogen) atoms. The first kappa shape index (κ1) is 19.5. The second-order valence-electron chi connectivity index (χ2n) is 5.71. The number of hydrogen-bond acceptors (Lipinski definition) is 4. The van der Waals surface area contributed by atoms with Crippen LogP contribution in [0.3, 0.4) is 0 Å². The molecule has 1 aromatic carbocycles. The van der Waals surface area contributed by atoms with Gasteiger partial charge in [-0.25, -0.2) is 4.79 Å². The van der Waals surface area contributed by atoms with E-state index >= 15 is 0 Å². The highest BCUT2D eigenvalue weighted by Crippen LogP contribution is 2.23. The summed E-state index contributed by atoms with van der Waals surface area (Å²) in [6, 6.07) is 4.25. The zero-order chi connectivity index (χ0) is 19.3. The summed E-state index contributed by atoms with van der Waals surface area (Å²) in [5, 5.41) is 5.03. The van der Waals surface area contributed by atoms with Crippen LogP contribution in [-0.2, 0) is 9.59 Å². The molecule has 0 aliphatic carbocycles. The predicted octanol–water partition coefficient (Wildman–Crippen LogP) is -0.410. The molecule has 2 rings (SSSR count). The van der Waals surface area contributed by atoms with Gasteiger partial charge < -0.3 is 20.3 Å². The zero-order valence-corrected chi connectivity index (χ0v) is 13.9. The average molecular weight is 375 g/mol. The smallest absolute Gasteiger partial charge is 0.406 e. The van der Waals surface area contributed by atoms with Crippen LogP contribution in [-0.4, -0.2) is 62.3 Å². The van der Waals surface area contributed by atoms with Crippen LogP contribution in [0.5, 0.6) is 5.75 Å². The van der Waals surface area contributed by atoms with E-state index in [1.807, 2.05) is 0 Å². The molecule has 1 saturated heterocycles. The van der Waals surface area contributed by atoms with E-state index in [0.717, 1.165) is 17.0 Å². The monoisotopic (exact) mass is 375 g/mol. The normalized spacial score (nSPS) is 15.4. The van der Waals surface area contributed by atoms with Crippen molar-refractivity contribution >= 4 is 23.5 Å². The lowest BCUT2D eigenvalue weighted by atomic mass is 10.3. The van der Waals surface area contributed by atoms with Crippen LogP contribution in [0.1, 0.15) is 0 Å². The maximum absolute atomic E-state index is 12.1. The highest BCUT2D eigenvalue weighted by atomic mass is 19.4. The van der Waals surface area contributed by atoms with Gasteiger partial charge in [-0.3, -0.25) is 14.5 Å². The van der Waals surface area contributed by atoms with Crippen LogP contribution < -0.4 is 20.3 Å². The van der Waals surface area contributed by atoms with Gasteiger partial charge in [0.25, 0.3) is 11.8 Å². The number of likely N-dealkylation sites (N-methyl/N-ethyl adjacent to an activating group) is 1. The van der Waals surface area contributed by atoms with Gasteiger partial charge in [-0.05, 0) is 24.3 Å². The summed E-state index contributed by atoms with van der Waals surface area (Å²) in [7, 11) is 1.62. The number of ether oxygens (including phenoxy) is 1. The van der Waals surface area contributed by atoms with E-state index in [4.69, 9.17) is 0 Å². The molecule has 1 aliphatic rings. The van der Waals surface area contributed by atoms with E-state index in [2.05, 4.69) is 15.4 Å². The molecule has 1 unspecified atom stereocenters. The lowest BCUT2D eigenvalue weighted by Gasteiger charge is -2.17. The van der Waals surface area contributed by atoms with Gasteiger partial charge in [0.05, 0.1) is 7.05 Å². The first-order chi connectivity index (χ1) is 12.1. The summed E-state index contributed by atoms with van der Waals surface area (Å²) in [6.07, 6.45) is -4.78. The fourth-order valence-corrected chi connectivity index (χ4v) is 2.34. The molecule has 0 radical (unpaired) electrons. The van der Waals surface area contributed by atoms with Crippen molar-refractivity contribution in [2.24, 2.45) is 0 Å². The number of benzene rings is 1. The Morgan fingerprint density at radius 3 is 2.46 bits per heavy atom. The Morgan fingerprint density at radius 1 is 1.27 bits per heavy atom. The van der Waals surface area contributed by atoms with Gasteiger partial charge >= 0.3 is 12.4 Å². The van der Waals surface area contributed by atoms with Crippen LogP contribution in [0.25, 0.3) is 0 Å². The first-order valence-electron chi connectivity index (χ1n) is 7.69. The summed E-state index contributed by atoms with van der Waals surface area (Å²) in [5.74, 6) is -1.21. The zero-order valence-electron chi connectivity index (χ0n) is 13.9. The lowest BCUT2D eigenvalue weighted by molar-refractivity contribution is -0.862. The van der Waals surface area contributed by atoms with E-state index in [1.165, 1.54) is 12.1 Å². The van der Waals surface area contributed by atoms with Crippen molar-refractivity contribution in [3.63, 3.8) is 0 Å². The molecule has 1 aromatic rings. The number of nitrogens with one attached hydrogen (secondary N) is 3. The van der Waals surface area contributed by atoms with Gasteiger partial charge in [0.1, 0.15) is 5.75 Å². The third-order valence-electron chi connectivity index (χ3n) is 3.44. The molecule has 0 aromatic heterocycles. The highest BCUT2D eigenvalue weighted by Gasteiger charge is 2.31. The number of imide groups is 1. The molecule has 0 spiro atoms. The molecule has 1 atom stereocenters. The Balaban J connectivity index is 1.80. The Hall–Kier alpha value is -2.82. The van der Waals surface area contributed by atoms with Gasteiger partial charge in [-0.2, -0.15) is 0 Å². The summed E-state index contributed by atoms with van der Waals surface area (Å²) in [6.45, 7) is 0.600. The van der Waals surface area contributed by atoms with Crippen molar-refractivity contribution in [1.29, 1.82) is 0 Å².